The van der Waals surface area contributed by atoms with Crippen LogP contribution in [0.25, 0.3) is 11.0 Å². The van der Waals surface area contributed by atoms with Gasteiger partial charge in [0.05, 0.1) is 17.6 Å². The molecule has 0 aliphatic carbocycles. The van der Waals surface area contributed by atoms with Crippen LogP contribution in [0, 0.1) is 0 Å². The molecular formula is C19H20ClN3. The van der Waals surface area contributed by atoms with Crippen LogP contribution in [-0.4, -0.2) is 27.5 Å². The van der Waals surface area contributed by atoms with Gasteiger partial charge in [0, 0.05) is 17.1 Å². The first kappa shape index (κ1) is 10.8. The Balaban J connectivity index is 1.67. The highest BCUT2D eigenvalue weighted by Crippen LogP contribution is 2.21. The molecule has 0 saturated carbocycles. The zero-order chi connectivity index (χ0) is 19.2. The SMILES string of the molecule is [2H]C1([2H])CN(Cc2nc3ccccc3n2Cc2ccc(Cl)cc2)CC1([2H])[2H]. The number of para-hydroxylation sites is 2. The minimum Gasteiger partial charge on any atom is -0.322 e. The number of benzene rings is 2. The average Bonchev–Trinajstić information content (AvgIpc) is 3.03. The fourth-order valence-electron chi connectivity index (χ4n) is 2.90. The van der Waals surface area contributed by atoms with Crippen molar-refractivity contribution in [2.75, 3.05) is 13.1 Å². The molecule has 0 amide bonds. The number of imidazole rings is 1. The third-order valence-electron chi connectivity index (χ3n) is 4.08. The van der Waals surface area contributed by atoms with Crippen molar-refractivity contribution in [1.82, 2.24) is 14.5 Å². The predicted molar refractivity (Wildman–Crippen MR) is 94.8 cm³/mol. The van der Waals surface area contributed by atoms with E-state index in [1.807, 2.05) is 48.5 Å². The third kappa shape index (κ3) is 3.12. The summed E-state index contributed by atoms with van der Waals surface area (Å²) in [5.41, 5.74) is 2.98. The van der Waals surface area contributed by atoms with Gasteiger partial charge in [0.2, 0.25) is 0 Å². The van der Waals surface area contributed by atoms with Gasteiger partial charge in [-0.05, 0) is 55.7 Å². The summed E-state index contributed by atoms with van der Waals surface area (Å²) in [6.45, 7) is 1.15. The Morgan fingerprint density at radius 2 is 1.74 bits per heavy atom. The Labute approximate surface area is 147 Å². The van der Waals surface area contributed by atoms with E-state index >= 15 is 0 Å². The molecule has 4 heteroatoms. The van der Waals surface area contributed by atoms with E-state index in [1.54, 1.807) is 4.90 Å². The van der Waals surface area contributed by atoms with Gasteiger partial charge in [-0.15, -0.1) is 0 Å². The van der Waals surface area contributed by atoms with E-state index in [1.165, 1.54) is 0 Å². The summed E-state index contributed by atoms with van der Waals surface area (Å²) >= 11 is 5.99. The smallest absolute Gasteiger partial charge is 0.124 e. The Morgan fingerprint density at radius 1 is 1.00 bits per heavy atom. The molecule has 4 rings (SSSR count). The zero-order valence-corrected chi connectivity index (χ0v) is 13.4. The minimum atomic E-state index is -1.86. The van der Waals surface area contributed by atoms with Gasteiger partial charge in [0.1, 0.15) is 5.82 Å². The number of rotatable bonds is 4. The Hall–Kier alpha value is -1.84. The van der Waals surface area contributed by atoms with E-state index in [-0.39, 0.29) is 13.1 Å². The fourth-order valence-corrected chi connectivity index (χ4v) is 3.02. The van der Waals surface area contributed by atoms with Crippen molar-refractivity contribution in [3.63, 3.8) is 0 Å². The molecule has 1 saturated heterocycles. The highest BCUT2D eigenvalue weighted by atomic mass is 35.5. The van der Waals surface area contributed by atoms with Crippen molar-refractivity contribution in [2.24, 2.45) is 0 Å². The molecular weight excluding hydrogens is 306 g/mol. The number of hydrogen-bond acceptors (Lipinski definition) is 2. The molecule has 0 spiro atoms. The van der Waals surface area contributed by atoms with Crippen molar-refractivity contribution in [1.29, 1.82) is 0 Å². The quantitative estimate of drug-likeness (QED) is 0.710. The first-order valence-electron chi connectivity index (χ1n) is 9.66. The summed E-state index contributed by atoms with van der Waals surface area (Å²) < 4.78 is 33.9. The number of nitrogens with zero attached hydrogens (tertiary/aromatic N) is 3. The van der Waals surface area contributed by atoms with Crippen LogP contribution in [0.5, 0.6) is 0 Å². The molecule has 0 radical (unpaired) electrons. The molecule has 2 heterocycles. The number of halogens is 1. The summed E-state index contributed by atoms with van der Waals surface area (Å²) in [5, 5.41) is 0.691. The molecule has 1 aliphatic rings. The van der Waals surface area contributed by atoms with Gasteiger partial charge in [-0.25, -0.2) is 4.98 Å². The summed E-state index contributed by atoms with van der Waals surface area (Å²) in [6.07, 6.45) is -3.72. The van der Waals surface area contributed by atoms with E-state index < -0.39 is 12.7 Å². The van der Waals surface area contributed by atoms with Crippen LogP contribution < -0.4 is 0 Å². The van der Waals surface area contributed by atoms with Crippen LogP contribution in [0.4, 0.5) is 0 Å². The summed E-state index contributed by atoms with van der Waals surface area (Å²) in [6, 6.07) is 15.6. The van der Waals surface area contributed by atoms with Gasteiger partial charge in [-0.3, -0.25) is 4.90 Å². The van der Waals surface area contributed by atoms with Gasteiger partial charge in [0.15, 0.2) is 0 Å². The first-order chi connectivity index (χ1) is 12.7. The number of likely N-dealkylation sites (tertiary alicyclic amines) is 1. The van der Waals surface area contributed by atoms with Gasteiger partial charge in [-0.1, -0.05) is 35.9 Å². The third-order valence-corrected chi connectivity index (χ3v) is 4.33. The molecule has 0 atom stereocenters. The number of aromatic nitrogens is 2. The van der Waals surface area contributed by atoms with Crippen LogP contribution in [-0.2, 0) is 13.1 Å². The molecule has 0 unspecified atom stereocenters. The van der Waals surface area contributed by atoms with E-state index in [9.17, 15) is 0 Å². The van der Waals surface area contributed by atoms with Gasteiger partial charge in [-0.2, -0.15) is 0 Å². The van der Waals surface area contributed by atoms with Crippen molar-refractivity contribution in [3.05, 3.63) is 64.9 Å². The lowest BCUT2D eigenvalue weighted by Gasteiger charge is -2.16. The van der Waals surface area contributed by atoms with Crippen molar-refractivity contribution in [3.8, 4) is 0 Å². The Bertz CT molecular complexity index is 953. The van der Waals surface area contributed by atoms with Crippen LogP contribution in [0.3, 0.4) is 0 Å². The summed E-state index contributed by atoms with van der Waals surface area (Å²) in [5.74, 6) is 0.805. The van der Waals surface area contributed by atoms with Crippen LogP contribution >= 0.6 is 11.6 Å². The van der Waals surface area contributed by atoms with E-state index in [2.05, 4.69) is 4.57 Å². The highest BCUT2D eigenvalue weighted by Gasteiger charge is 2.17. The topological polar surface area (TPSA) is 21.1 Å². The maximum Gasteiger partial charge on any atom is 0.124 e. The average molecular weight is 330 g/mol. The maximum absolute atomic E-state index is 7.96. The molecule has 118 valence electrons. The predicted octanol–water partition coefficient (Wildman–Crippen LogP) is 4.33. The number of fused-ring (bicyclic) bond motifs is 1. The molecule has 2 aromatic carbocycles. The highest BCUT2D eigenvalue weighted by molar-refractivity contribution is 6.30. The fraction of sp³-hybridized carbons (Fsp3) is 0.316. The van der Waals surface area contributed by atoms with Crippen molar-refractivity contribution < 1.29 is 5.48 Å². The molecule has 23 heavy (non-hydrogen) atoms. The molecule has 0 N–H and O–H groups in total. The van der Waals surface area contributed by atoms with Crippen molar-refractivity contribution >= 4 is 22.6 Å². The van der Waals surface area contributed by atoms with Gasteiger partial charge < -0.3 is 4.57 Å². The summed E-state index contributed by atoms with van der Waals surface area (Å²) in [7, 11) is 0. The van der Waals surface area contributed by atoms with Crippen LogP contribution in [0.1, 0.15) is 29.6 Å². The largest absolute Gasteiger partial charge is 0.322 e. The van der Waals surface area contributed by atoms with E-state index in [0.29, 0.717) is 18.1 Å². The monoisotopic (exact) mass is 329 g/mol. The lowest BCUT2D eigenvalue weighted by atomic mass is 10.2. The second kappa shape index (κ2) is 6.34. The summed E-state index contributed by atoms with van der Waals surface area (Å²) in [4.78, 5) is 6.54. The van der Waals surface area contributed by atoms with Crippen LogP contribution in [0.15, 0.2) is 48.5 Å². The normalized spacial score (nSPS) is 22.5. The minimum absolute atomic E-state index is 0.0597. The Kier molecular flexibility index (Phi) is 2.99. The van der Waals surface area contributed by atoms with Crippen molar-refractivity contribution in [2.45, 2.75) is 25.8 Å². The molecule has 3 aromatic rings. The maximum atomic E-state index is 7.96. The molecule has 1 aliphatic heterocycles. The van der Waals surface area contributed by atoms with Gasteiger partial charge >= 0.3 is 0 Å². The van der Waals surface area contributed by atoms with E-state index in [0.717, 1.165) is 22.4 Å². The van der Waals surface area contributed by atoms with Gasteiger partial charge in [0.25, 0.3) is 0 Å². The number of hydrogen-bond donors (Lipinski definition) is 0. The Morgan fingerprint density at radius 3 is 2.52 bits per heavy atom. The lowest BCUT2D eigenvalue weighted by molar-refractivity contribution is 0.318. The lowest BCUT2D eigenvalue weighted by Crippen LogP contribution is -2.21. The second-order valence-corrected chi connectivity index (χ2v) is 6.16. The van der Waals surface area contributed by atoms with E-state index in [4.69, 9.17) is 22.1 Å². The molecule has 1 aromatic heterocycles. The zero-order valence-electron chi connectivity index (χ0n) is 16.7. The molecule has 3 nitrogen and oxygen atoms in total. The standard InChI is InChI=1S/C19H20ClN3/c20-16-9-7-15(8-10-16)13-23-18-6-2-1-5-17(18)21-19(23)14-22-11-3-4-12-22/h1-2,5-10H,3-4,11-14H2/i3D2,4D2. The molecule has 0 bridgehead atoms. The molecule has 1 fully saturated rings. The second-order valence-electron chi connectivity index (χ2n) is 5.73. The first-order valence-corrected chi connectivity index (χ1v) is 8.04. The van der Waals surface area contributed by atoms with Crippen LogP contribution in [0.2, 0.25) is 5.02 Å².